The number of hydrogen-bond acceptors (Lipinski definition) is 7. The fourth-order valence-electron chi connectivity index (χ4n) is 6.86. The first-order valence-corrected chi connectivity index (χ1v) is 17.3. The minimum atomic E-state index is -0.826. The highest BCUT2D eigenvalue weighted by atomic mass is 16.5. The van der Waals surface area contributed by atoms with Crippen LogP contribution in [0, 0.1) is 6.92 Å². The van der Waals surface area contributed by atoms with E-state index in [0.29, 0.717) is 36.4 Å². The lowest BCUT2D eigenvalue weighted by molar-refractivity contribution is -0.137. The largest absolute Gasteiger partial charge is 0.495 e. The van der Waals surface area contributed by atoms with Gasteiger partial charge in [-0.2, -0.15) is 0 Å². The van der Waals surface area contributed by atoms with E-state index in [4.69, 9.17) is 14.6 Å². The summed E-state index contributed by atoms with van der Waals surface area (Å²) in [6, 6.07) is 29.9. The van der Waals surface area contributed by atoms with Gasteiger partial charge in [-0.25, -0.2) is 0 Å². The van der Waals surface area contributed by atoms with E-state index in [0.717, 1.165) is 78.4 Å². The van der Waals surface area contributed by atoms with Gasteiger partial charge in [-0.3, -0.25) is 14.5 Å². The average Bonchev–Trinajstić information content (AvgIpc) is 3.51. The van der Waals surface area contributed by atoms with Crippen LogP contribution in [0.25, 0.3) is 10.9 Å². The lowest BCUT2D eigenvalue weighted by atomic mass is 10.0. The molecule has 1 saturated heterocycles. The zero-order valence-electron chi connectivity index (χ0n) is 29.2. The summed E-state index contributed by atoms with van der Waals surface area (Å²) < 4.78 is 14.1. The van der Waals surface area contributed by atoms with Gasteiger partial charge in [0.15, 0.2) is 5.78 Å². The number of carbonyl (C=O) groups excluding carboxylic acids is 1. The molecule has 4 aromatic carbocycles. The predicted octanol–water partition coefficient (Wildman–Crippen LogP) is 7.41. The molecule has 1 aliphatic heterocycles. The number of carbonyl (C=O) groups is 2. The van der Waals surface area contributed by atoms with Gasteiger partial charge < -0.3 is 28.9 Å². The molecule has 0 aliphatic carbocycles. The molecule has 2 heterocycles. The molecule has 1 N–H and O–H groups in total. The third kappa shape index (κ3) is 7.79. The molecule has 50 heavy (non-hydrogen) atoms. The van der Waals surface area contributed by atoms with Crippen molar-refractivity contribution < 1.29 is 24.2 Å². The van der Waals surface area contributed by atoms with Gasteiger partial charge in [0.25, 0.3) is 0 Å². The summed E-state index contributed by atoms with van der Waals surface area (Å²) in [5.74, 6) is 0.643. The van der Waals surface area contributed by atoms with E-state index in [1.165, 1.54) is 0 Å². The Labute approximate surface area is 294 Å². The topological polar surface area (TPSA) is 87.5 Å². The monoisotopic (exact) mass is 674 g/mol. The van der Waals surface area contributed by atoms with Gasteiger partial charge in [-0.15, -0.1) is 0 Å². The average molecular weight is 675 g/mol. The molecule has 5 aromatic rings. The molecular weight excluding hydrogens is 628 g/mol. The second-order valence-corrected chi connectivity index (χ2v) is 12.8. The number of nitrogens with zero attached hydrogens (tertiary/aromatic N) is 4. The van der Waals surface area contributed by atoms with E-state index in [1.807, 2.05) is 84.5 Å². The van der Waals surface area contributed by atoms with Gasteiger partial charge in [0, 0.05) is 86.7 Å². The number of hydrogen-bond donors (Lipinski definition) is 1. The highest BCUT2D eigenvalue weighted by molar-refractivity contribution is 6.16. The molecule has 0 amide bonds. The van der Waals surface area contributed by atoms with Crippen LogP contribution in [-0.2, 0) is 11.3 Å². The first-order chi connectivity index (χ1) is 24.3. The van der Waals surface area contributed by atoms with E-state index in [2.05, 4.69) is 45.9 Å². The number of anilines is 3. The number of carboxylic acid groups (broad SMARTS) is 1. The van der Waals surface area contributed by atoms with Gasteiger partial charge in [0.05, 0.1) is 25.1 Å². The molecule has 1 aromatic heterocycles. The summed E-state index contributed by atoms with van der Waals surface area (Å²) in [7, 11) is 3.74. The molecule has 0 unspecified atom stereocenters. The Kier molecular flexibility index (Phi) is 11.0. The van der Waals surface area contributed by atoms with E-state index in [9.17, 15) is 9.59 Å². The molecule has 0 bridgehead atoms. The molecule has 9 nitrogen and oxygen atoms in total. The van der Waals surface area contributed by atoms with Crippen molar-refractivity contribution in [2.75, 3.05) is 63.3 Å². The second kappa shape index (κ2) is 16.0. The van der Waals surface area contributed by atoms with Crippen LogP contribution < -0.4 is 19.3 Å². The molecule has 9 heteroatoms. The highest BCUT2D eigenvalue weighted by Crippen LogP contribution is 2.36. The molecule has 260 valence electrons. The van der Waals surface area contributed by atoms with E-state index >= 15 is 0 Å². The number of aromatic nitrogens is 1. The van der Waals surface area contributed by atoms with Crippen molar-refractivity contribution >= 4 is 39.7 Å². The number of carboxylic acids is 1. The van der Waals surface area contributed by atoms with E-state index in [-0.39, 0.29) is 12.2 Å². The SMILES string of the molecule is COc1ccccc1N1CCN(CCCOc2cc(C(=O)c3cn(CCCC(=O)O)c4ccccc34)ccc2N(C)c2ccccc2C)CC1. The molecule has 0 radical (unpaired) electrons. The van der Waals surface area contributed by atoms with Crippen molar-refractivity contribution in [2.24, 2.45) is 0 Å². The van der Waals surface area contributed by atoms with Crippen LogP contribution in [0.3, 0.4) is 0 Å². The fourth-order valence-corrected chi connectivity index (χ4v) is 6.86. The fraction of sp³-hybridized carbons (Fsp3) is 0.317. The molecule has 6 rings (SSSR count). The van der Waals surface area contributed by atoms with Crippen LogP contribution in [0.2, 0.25) is 0 Å². The number of aliphatic carboxylic acids is 1. The lowest BCUT2D eigenvalue weighted by Gasteiger charge is -2.36. The third-order valence-corrected chi connectivity index (χ3v) is 9.56. The Morgan fingerprint density at radius 1 is 0.820 bits per heavy atom. The van der Waals surface area contributed by atoms with Crippen LogP contribution in [0.5, 0.6) is 11.5 Å². The lowest BCUT2D eigenvalue weighted by Crippen LogP contribution is -2.46. The standard InChI is InChI=1S/C41H46N4O5/c1-30-12-4-6-14-34(30)42(2)36-20-19-31(41(48)33-29-45(22-10-18-40(46)47)35-15-7-5-13-32(33)35)28-39(36)50-27-11-21-43-23-25-44(26-24-43)37-16-8-9-17-38(37)49-3/h4-9,12-17,19-20,28-29H,10-11,18,21-27H2,1-3H3,(H,46,47). The molecule has 0 spiro atoms. The van der Waals surface area contributed by atoms with E-state index in [1.54, 1.807) is 7.11 Å². The summed E-state index contributed by atoms with van der Waals surface area (Å²) >= 11 is 0. The van der Waals surface area contributed by atoms with Gasteiger partial charge in [0.2, 0.25) is 0 Å². The summed E-state index contributed by atoms with van der Waals surface area (Å²) in [5, 5.41) is 9.99. The minimum absolute atomic E-state index is 0.0749. The van der Waals surface area contributed by atoms with Gasteiger partial charge in [-0.1, -0.05) is 48.5 Å². The zero-order chi connectivity index (χ0) is 35.0. The van der Waals surface area contributed by atoms with Crippen molar-refractivity contribution in [2.45, 2.75) is 32.7 Å². The van der Waals surface area contributed by atoms with Crippen molar-refractivity contribution in [1.29, 1.82) is 0 Å². The normalized spacial score (nSPS) is 13.4. The van der Waals surface area contributed by atoms with Gasteiger partial charge >= 0.3 is 5.97 Å². The third-order valence-electron chi connectivity index (χ3n) is 9.56. The summed E-state index contributed by atoms with van der Waals surface area (Å²) in [6.45, 7) is 7.85. The van der Waals surface area contributed by atoms with Crippen molar-refractivity contribution in [3.63, 3.8) is 0 Å². The van der Waals surface area contributed by atoms with E-state index < -0.39 is 5.97 Å². The maximum atomic E-state index is 14.1. The highest BCUT2D eigenvalue weighted by Gasteiger charge is 2.22. The first kappa shape index (κ1) is 34.6. The summed E-state index contributed by atoms with van der Waals surface area (Å²) in [4.78, 5) is 32.2. The smallest absolute Gasteiger partial charge is 0.303 e. The molecule has 1 fully saturated rings. The Hall–Kier alpha value is -5.28. The zero-order valence-corrected chi connectivity index (χ0v) is 29.2. The number of rotatable bonds is 15. The number of piperazine rings is 1. The van der Waals surface area contributed by atoms with Crippen LogP contribution >= 0.6 is 0 Å². The maximum Gasteiger partial charge on any atom is 0.303 e. The number of ether oxygens (including phenoxy) is 2. The predicted molar refractivity (Wildman–Crippen MR) is 200 cm³/mol. The number of methoxy groups -OCH3 is 1. The van der Waals surface area contributed by atoms with Crippen LogP contribution in [-0.4, -0.2) is 79.8 Å². The summed E-state index contributed by atoms with van der Waals surface area (Å²) in [5.41, 5.74) is 6.28. The van der Waals surface area contributed by atoms with Crippen molar-refractivity contribution in [3.8, 4) is 11.5 Å². The molecule has 0 atom stereocenters. The van der Waals surface area contributed by atoms with Crippen LogP contribution in [0.4, 0.5) is 17.1 Å². The molecule has 0 saturated carbocycles. The van der Waals surface area contributed by atoms with Crippen LogP contribution in [0.1, 0.15) is 40.7 Å². The number of benzene rings is 4. The van der Waals surface area contributed by atoms with Gasteiger partial charge in [-0.05, 0) is 67.8 Å². The Balaban J connectivity index is 1.18. The molecule has 1 aliphatic rings. The van der Waals surface area contributed by atoms with Crippen LogP contribution in [0.15, 0.2) is 97.2 Å². The van der Waals surface area contributed by atoms with Gasteiger partial charge in [0.1, 0.15) is 11.5 Å². The Bertz CT molecular complexity index is 1940. The minimum Gasteiger partial charge on any atom is -0.495 e. The number of para-hydroxylation sites is 4. The quantitative estimate of drug-likeness (QED) is 0.0908. The number of fused-ring (bicyclic) bond motifs is 1. The Morgan fingerprint density at radius 3 is 2.34 bits per heavy atom. The summed E-state index contributed by atoms with van der Waals surface area (Å²) in [6.07, 6.45) is 3.27. The second-order valence-electron chi connectivity index (χ2n) is 12.8. The Morgan fingerprint density at radius 2 is 1.56 bits per heavy atom. The molecular formula is C41H46N4O5. The number of aryl methyl sites for hydroxylation is 2. The number of ketones is 1. The van der Waals surface area contributed by atoms with Crippen molar-refractivity contribution in [1.82, 2.24) is 9.47 Å². The first-order valence-electron chi connectivity index (χ1n) is 17.3. The van der Waals surface area contributed by atoms with Crippen molar-refractivity contribution in [3.05, 3.63) is 114 Å². The maximum absolute atomic E-state index is 14.1.